The van der Waals surface area contributed by atoms with Gasteiger partial charge >= 0.3 is 0 Å². The van der Waals surface area contributed by atoms with Gasteiger partial charge in [0.25, 0.3) is 0 Å². The summed E-state index contributed by atoms with van der Waals surface area (Å²) in [5.74, 6) is 3.67. The van der Waals surface area contributed by atoms with Crippen LogP contribution in [0.5, 0.6) is 0 Å². The number of hydrogen-bond acceptors (Lipinski definition) is 4. The second-order valence-corrected chi connectivity index (χ2v) is 8.91. The zero-order valence-corrected chi connectivity index (χ0v) is 17.0. The molecule has 5 nitrogen and oxygen atoms in total. The van der Waals surface area contributed by atoms with E-state index >= 15 is 0 Å². The van der Waals surface area contributed by atoms with Gasteiger partial charge in [0.1, 0.15) is 5.82 Å². The van der Waals surface area contributed by atoms with Crippen molar-refractivity contribution in [2.45, 2.75) is 63.5 Å². The lowest BCUT2D eigenvalue weighted by Crippen LogP contribution is -2.50. The van der Waals surface area contributed by atoms with Crippen molar-refractivity contribution in [1.29, 1.82) is 0 Å². The summed E-state index contributed by atoms with van der Waals surface area (Å²) in [6.45, 7) is 2.35. The number of halogens is 1. The molecule has 3 fully saturated rings. The van der Waals surface area contributed by atoms with Gasteiger partial charge in [-0.2, -0.15) is 0 Å². The number of anilines is 1. The highest BCUT2D eigenvalue weighted by Crippen LogP contribution is 2.44. The quantitative estimate of drug-likeness (QED) is 0.791. The van der Waals surface area contributed by atoms with Gasteiger partial charge in [0.15, 0.2) is 0 Å². The summed E-state index contributed by atoms with van der Waals surface area (Å²) in [6.07, 6.45) is 11.9. The number of aliphatic hydroxyl groups is 1. The molecule has 0 radical (unpaired) electrons. The first-order chi connectivity index (χ1) is 13.5. The van der Waals surface area contributed by atoms with Crippen LogP contribution in [-0.4, -0.2) is 52.7 Å². The number of rotatable bonds is 3. The maximum absolute atomic E-state index is 13.5. The van der Waals surface area contributed by atoms with E-state index in [-0.39, 0.29) is 23.5 Å². The average Bonchev–Trinajstić information content (AvgIpc) is 3.00. The Balaban J connectivity index is 1.52. The van der Waals surface area contributed by atoms with E-state index in [0.29, 0.717) is 18.0 Å². The van der Waals surface area contributed by atoms with E-state index in [1.165, 1.54) is 0 Å². The van der Waals surface area contributed by atoms with Crippen LogP contribution >= 0.6 is 11.6 Å². The van der Waals surface area contributed by atoms with Crippen LogP contribution in [0.4, 0.5) is 5.82 Å². The lowest BCUT2D eigenvalue weighted by molar-refractivity contribution is -0.139. The van der Waals surface area contributed by atoms with Gasteiger partial charge in [0.05, 0.1) is 28.7 Å². The van der Waals surface area contributed by atoms with E-state index in [1.54, 1.807) is 0 Å². The van der Waals surface area contributed by atoms with Crippen molar-refractivity contribution in [2.75, 3.05) is 24.5 Å². The Morgan fingerprint density at radius 3 is 2.79 bits per heavy atom. The lowest BCUT2D eigenvalue weighted by Gasteiger charge is -2.41. The van der Waals surface area contributed by atoms with Crippen molar-refractivity contribution in [3.8, 4) is 12.3 Å². The van der Waals surface area contributed by atoms with Crippen LogP contribution in [-0.2, 0) is 11.2 Å². The molecule has 28 heavy (non-hydrogen) atoms. The third-order valence-corrected chi connectivity index (χ3v) is 6.99. The zero-order valence-electron chi connectivity index (χ0n) is 16.2. The van der Waals surface area contributed by atoms with E-state index in [2.05, 4.69) is 20.7 Å². The lowest BCUT2D eigenvalue weighted by atomic mass is 9.78. The summed E-state index contributed by atoms with van der Waals surface area (Å²) < 4.78 is 0. The Morgan fingerprint density at radius 1 is 1.25 bits per heavy atom. The minimum atomic E-state index is -0.332. The normalized spacial score (nSPS) is 30.7. The van der Waals surface area contributed by atoms with Crippen LogP contribution in [0.25, 0.3) is 0 Å². The third-order valence-electron chi connectivity index (χ3n) is 6.70. The summed E-state index contributed by atoms with van der Waals surface area (Å²) in [4.78, 5) is 22.4. The maximum Gasteiger partial charge on any atom is 0.230 e. The fourth-order valence-electron chi connectivity index (χ4n) is 5.15. The number of pyridine rings is 1. The van der Waals surface area contributed by atoms with Crippen LogP contribution in [0.2, 0.25) is 5.02 Å². The number of piperidine rings is 1. The molecule has 1 spiro atoms. The summed E-state index contributed by atoms with van der Waals surface area (Å²) in [6, 6.07) is 4.01. The van der Waals surface area contributed by atoms with Crippen molar-refractivity contribution in [2.24, 2.45) is 5.41 Å². The summed E-state index contributed by atoms with van der Waals surface area (Å²) >= 11 is 6.45. The number of nitrogens with zero attached hydrogens (tertiary/aromatic N) is 3. The summed E-state index contributed by atoms with van der Waals surface area (Å²) in [7, 11) is 0. The second-order valence-electron chi connectivity index (χ2n) is 8.51. The third kappa shape index (κ3) is 3.60. The number of carbonyl (C=O) groups is 1. The molecule has 1 amide bonds. The largest absolute Gasteiger partial charge is 0.393 e. The molecule has 3 aliphatic rings. The van der Waals surface area contributed by atoms with Crippen LogP contribution in [0.1, 0.15) is 50.6 Å². The standard InChI is InChI=1S/C22H28ClN3O2/c1-2-4-16-5-10-19(23)20(24-16)25-13-3-11-22(15-25)12-14-26(21(22)28)17-6-8-18(27)9-7-17/h1,5,10,17-18,27H,3-4,6-9,11-15H2/t17?,18?,22-/m1/s1. The Labute approximate surface area is 172 Å². The minimum Gasteiger partial charge on any atom is -0.393 e. The second kappa shape index (κ2) is 7.93. The van der Waals surface area contributed by atoms with E-state index in [9.17, 15) is 9.90 Å². The highest BCUT2D eigenvalue weighted by molar-refractivity contribution is 6.33. The first-order valence-electron chi connectivity index (χ1n) is 10.4. The molecule has 2 saturated heterocycles. The monoisotopic (exact) mass is 401 g/mol. The number of aromatic nitrogens is 1. The number of carbonyl (C=O) groups excluding carboxylic acids is 1. The van der Waals surface area contributed by atoms with Crippen LogP contribution in [0.15, 0.2) is 12.1 Å². The molecule has 1 saturated carbocycles. The predicted molar refractivity (Wildman–Crippen MR) is 110 cm³/mol. The Morgan fingerprint density at radius 2 is 2.04 bits per heavy atom. The number of hydrogen-bond donors (Lipinski definition) is 1. The molecule has 4 rings (SSSR count). The number of aliphatic hydroxyl groups excluding tert-OH is 1. The minimum absolute atomic E-state index is 0.198. The van der Waals surface area contributed by atoms with Gasteiger partial charge in [-0.1, -0.05) is 11.6 Å². The van der Waals surface area contributed by atoms with Gasteiger partial charge in [0.2, 0.25) is 5.91 Å². The Hall–Kier alpha value is -1.77. The van der Waals surface area contributed by atoms with Gasteiger partial charge in [-0.25, -0.2) is 4.98 Å². The highest BCUT2D eigenvalue weighted by atomic mass is 35.5. The van der Waals surface area contributed by atoms with Crippen molar-refractivity contribution in [1.82, 2.24) is 9.88 Å². The molecule has 1 aromatic rings. The van der Waals surface area contributed by atoms with Gasteiger partial charge in [-0.15, -0.1) is 12.3 Å². The molecule has 150 valence electrons. The summed E-state index contributed by atoms with van der Waals surface area (Å²) in [5, 5.41) is 10.4. The molecule has 1 N–H and O–H groups in total. The number of amides is 1. The molecule has 6 heteroatoms. The maximum atomic E-state index is 13.5. The van der Waals surface area contributed by atoms with E-state index in [4.69, 9.17) is 18.0 Å². The fourth-order valence-corrected chi connectivity index (χ4v) is 5.38. The first-order valence-corrected chi connectivity index (χ1v) is 10.7. The van der Waals surface area contributed by atoms with Crippen molar-refractivity contribution in [3.05, 3.63) is 22.8 Å². The molecule has 0 unspecified atom stereocenters. The van der Waals surface area contributed by atoms with Crippen molar-refractivity contribution < 1.29 is 9.90 Å². The van der Waals surface area contributed by atoms with E-state index < -0.39 is 0 Å². The topological polar surface area (TPSA) is 56.7 Å². The van der Waals surface area contributed by atoms with Gasteiger partial charge in [0, 0.05) is 25.7 Å². The first kappa shape index (κ1) is 19.5. The van der Waals surface area contributed by atoms with Crippen LogP contribution < -0.4 is 4.90 Å². The Kier molecular flexibility index (Phi) is 5.53. The molecule has 1 atom stereocenters. The van der Waals surface area contributed by atoms with Gasteiger partial charge in [-0.3, -0.25) is 4.79 Å². The van der Waals surface area contributed by atoms with Crippen LogP contribution in [0.3, 0.4) is 0 Å². The molecule has 1 aromatic heterocycles. The SMILES string of the molecule is C#CCc1ccc(Cl)c(N2CCC[C@@]3(CCN(C4CCC(O)CC4)C3=O)C2)n1. The van der Waals surface area contributed by atoms with Crippen LogP contribution in [0, 0.1) is 17.8 Å². The highest BCUT2D eigenvalue weighted by Gasteiger charge is 2.51. The average molecular weight is 402 g/mol. The van der Waals surface area contributed by atoms with E-state index in [0.717, 1.165) is 69.5 Å². The molecule has 0 aromatic carbocycles. The number of likely N-dealkylation sites (tertiary alicyclic amines) is 1. The summed E-state index contributed by atoms with van der Waals surface area (Å²) in [5.41, 5.74) is 0.503. The molecular weight excluding hydrogens is 374 g/mol. The van der Waals surface area contributed by atoms with Crippen molar-refractivity contribution >= 4 is 23.3 Å². The van der Waals surface area contributed by atoms with Crippen molar-refractivity contribution in [3.63, 3.8) is 0 Å². The number of terminal acetylenes is 1. The molecule has 3 heterocycles. The molecule has 1 aliphatic carbocycles. The fraction of sp³-hybridized carbons (Fsp3) is 0.636. The van der Waals surface area contributed by atoms with E-state index in [1.807, 2.05) is 12.1 Å². The Bertz CT molecular complexity index is 784. The molecule has 2 aliphatic heterocycles. The van der Waals surface area contributed by atoms with Gasteiger partial charge in [-0.05, 0) is 57.1 Å². The van der Waals surface area contributed by atoms with Gasteiger partial charge < -0.3 is 14.9 Å². The predicted octanol–water partition coefficient (Wildman–Crippen LogP) is 3.03. The molecular formula is C22H28ClN3O2. The smallest absolute Gasteiger partial charge is 0.230 e. The molecule has 0 bridgehead atoms. The zero-order chi connectivity index (χ0) is 19.7.